The van der Waals surface area contributed by atoms with Crippen molar-refractivity contribution in [3.63, 3.8) is 0 Å². The zero-order valence-corrected chi connectivity index (χ0v) is 18.4. The van der Waals surface area contributed by atoms with Crippen molar-refractivity contribution >= 4 is 45.5 Å². The number of hydrogen-bond donors (Lipinski definition) is 2. The number of anilines is 2. The van der Waals surface area contributed by atoms with Gasteiger partial charge in [-0.25, -0.2) is 4.79 Å². The second kappa shape index (κ2) is 9.34. The molecule has 0 aliphatic heterocycles. The molecule has 164 valence electrons. The number of aliphatic hydroxyl groups is 1. The summed E-state index contributed by atoms with van der Waals surface area (Å²) in [5, 5.41) is 13.9. The number of aliphatic hydroxyl groups excluding tert-OH is 1. The number of ether oxygens (including phenoxy) is 2. The molecule has 0 bridgehead atoms. The van der Waals surface area contributed by atoms with E-state index < -0.39 is 5.63 Å². The predicted molar refractivity (Wildman–Crippen MR) is 120 cm³/mol. The molecule has 9 heteroatoms. The SMILES string of the molecule is COc1ccc2c(Nc3c(Cl)cncc3Cl)c(CCO)c(=O)oc2c1OC1CCCC1. The Hall–Kier alpha value is -2.48. The molecule has 1 fully saturated rings. The van der Waals surface area contributed by atoms with Gasteiger partial charge in [-0.15, -0.1) is 0 Å². The highest BCUT2D eigenvalue weighted by Crippen LogP contribution is 2.42. The van der Waals surface area contributed by atoms with Crippen LogP contribution < -0.4 is 20.4 Å². The van der Waals surface area contributed by atoms with Gasteiger partial charge in [0.2, 0.25) is 5.75 Å². The van der Waals surface area contributed by atoms with Gasteiger partial charge in [0.05, 0.1) is 40.2 Å². The lowest BCUT2D eigenvalue weighted by molar-refractivity contribution is 0.200. The Balaban J connectivity index is 1.94. The van der Waals surface area contributed by atoms with Crippen molar-refractivity contribution in [3.05, 3.63) is 50.6 Å². The molecular weight excluding hydrogens is 443 g/mol. The van der Waals surface area contributed by atoms with Crippen molar-refractivity contribution in [1.82, 2.24) is 4.98 Å². The number of nitrogens with zero attached hydrogens (tertiary/aromatic N) is 1. The third-order valence-electron chi connectivity index (χ3n) is 5.36. The number of hydrogen-bond acceptors (Lipinski definition) is 7. The second-order valence-electron chi connectivity index (χ2n) is 7.32. The number of halogens is 2. The van der Waals surface area contributed by atoms with Crippen LogP contribution in [0.25, 0.3) is 11.0 Å². The lowest BCUT2D eigenvalue weighted by atomic mass is 10.1. The maximum Gasteiger partial charge on any atom is 0.341 e. The summed E-state index contributed by atoms with van der Waals surface area (Å²) in [6, 6.07) is 3.53. The highest BCUT2D eigenvalue weighted by molar-refractivity contribution is 6.39. The van der Waals surface area contributed by atoms with E-state index in [9.17, 15) is 9.90 Å². The van der Waals surface area contributed by atoms with E-state index in [1.165, 1.54) is 19.5 Å². The van der Waals surface area contributed by atoms with Gasteiger partial charge < -0.3 is 24.3 Å². The summed E-state index contributed by atoms with van der Waals surface area (Å²) in [4.78, 5) is 16.9. The molecule has 1 aliphatic rings. The first-order chi connectivity index (χ1) is 15.0. The van der Waals surface area contributed by atoms with Gasteiger partial charge in [0.25, 0.3) is 0 Å². The van der Waals surface area contributed by atoms with Crippen LogP contribution in [0.4, 0.5) is 11.4 Å². The van der Waals surface area contributed by atoms with Crippen LogP contribution in [0.15, 0.2) is 33.7 Å². The van der Waals surface area contributed by atoms with Crippen LogP contribution in [-0.4, -0.2) is 29.9 Å². The Morgan fingerprint density at radius 2 is 1.90 bits per heavy atom. The third-order valence-corrected chi connectivity index (χ3v) is 5.93. The minimum absolute atomic E-state index is 0.0300. The highest BCUT2D eigenvalue weighted by atomic mass is 35.5. The molecule has 2 heterocycles. The van der Waals surface area contributed by atoms with Crippen molar-refractivity contribution in [2.24, 2.45) is 0 Å². The van der Waals surface area contributed by atoms with Gasteiger partial charge in [0, 0.05) is 30.8 Å². The number of nitrogens with one attached hydrogen (secondary N) is 1. The zero-order chi connectivity index (χ0) is 22.0. The van der Waals surface area contributed by atoms with E-state index in [2.05, 4.69) is 10.3 Å². The van der Waals surface area contributed by atoms with Crippen LogP contribution in [0, 0.1) is 0 Å². The topological polar surface area (TPSA) is 93.8 Å². The Morgan fingerprint density at radius 3 is 2.55 bits per heavy atom. The zero-order valence-electron chi connectivity index (χ0n) is 16.9. The Morgan fingerprint density at radius 1 is 1.19 bits per heavy atom. The molecule has 0 unspecified atom stereocenters. The fourth-order valence-electron chi connectivity index (χ4n) is 3.84. The molecule has 2 aromatic heterocycles. The average Bonchev–Trinajstić information content (AvgIpc) is 3.26. The van der Waals surface area contributed by atoms with Crippen molar-refractivity contribution < 1.29 is 19.0 Å². The molecule has 1 aliphatic carbocycles. The van der Waals surface area contributed by atoms with Crippen LogP contribution in [0.2, 0.25) is 10.0 Å². The van der Waals surface area contributed by atoms with Gasteiger partial charge in [-0.3, -0.25) is 4.98 Å². The summed E-state index contributed by atoms with van der Waals surface area (Å²) in [6.07, 6.45) is 7.06. The highest BCUT2D eigenvalue weighted by Gasteiger charge is 2.25. The minimum atomic E-state index is -0.588. The molecule has 4 rings (SSSR count). The molecule has 0 saturated heterocycles. The first kappa shape index (κ1) is 21.7. The molecular formula is C22H22Cl2N2O5. The van der Waals surface area contributed by atoms with Crippen LogP contribution in [0.3, 0.4) is 0 Å². The van der Waals surface area contributed by atoms with Crippen molar-refractivity contribution in [1.29, 1.82) is 0 Å². The second-order valence-corrected chi connectivity index (χ2v) is 8.13. The summed E-state index contributed by atoms with van der Waals surface area (Å²) in [6.45, 7) is -0.232. The van der Waals surface area contributed by atoms with E-state index in [1.54, 1.807) is 12.1 Å². The predicted octanol–water partition coefficient (Wildman–Crippen LogP) is 5.10. The first-order valence-corrected chi connectivity index (χ1v) is 10.8. The Bertz CT molecular complexity index is 1140. The number of pyridine rings is 1. The van der Waals surface area contributed by atoms with Crippen LogP contribution in [-0.2, 0) is 6.42 Å². The van der Waals surface area contributed by atoms with E-state index in [-0.39, 0.29) is 30.3 Å². The van der Waals surface area contributed by atoms with E-state index in [0.29, 0.717) is 38.3 Å². The van der Waals surface area contributed by atoms with Crippen LogP contribution in [0.1, 0.15) is 31.2 Å². The molecule has 0 spiro atoms. The summed E-state index contributed by atoms with van der Waals surface area (Å²) in [7, 11) is 1.54. The molecule has 7 nitrogen and oxygen atoms in total. The summed E-state index contributed by atoms with van der Waals surface area (Å²) in [5.41, 5.74) is 0.792. The van der Waals surface area contributed by atoms with Gasteiger partial charge in [0.1, 0.15) is 0 Å². The fourth-order valence-corrected chi connectivity index (χ4v) is 4.30. The summed E-state index contributed by atoms with van der Waals surface area (Å²) in [5.74, 6) is 0.859. The monoisotopic (exact) mass is 464 g/mol. The normalized spacial score (nSPS) is 14.2. The van der Waals surface area contributed by atoms with E-state index in [1.807, 2.05) is 0 Å². The largest absolute Gasteiger partial charge is 0.493 e. The van der Waals surface area contributed by atoms with Crippen molar-refractivity contribution in [2.45, 2.75) is 38.2 Å². The molecule has 0 atom stereocenters. The number of aromatic nitrogens is 1. The van der Waals surface area contributed by atoms with E-state index >= 15 is 0 Å². The lowest BCUT2D eigenvalue weighted by Crippen LogP contribution is -2.16. The molecule has 3 aromatic rings. The molecule has 31 heavy (non-hydrogen) atoms. The maximum atomic E-state index is 12.9. The Labute approximate surface area is 188 Å². The molecule has 2 N–H and O–H groups in total. The molecule has 0 amide bonds. The van der Waals surface area contributed by atoms with Crippen molar-refractivity contribution in [2.75, 3.05) is 19.0 Å². The number of rotatable bonds is 7. The number of fused-ring (bicyclic) bond motifs is 1. The van der Waals surface area contributed by atoms with Gasteiger partial charge in [-0.05, 0) is 37.8 Å². The van der Waals surface area contributed by atoms with Crippen molar-refractivity contribution in [3.8, 4) is 11.5 Å². The quantitative estimate of drug-likeness (QED) is 0.469. The summed E-state index contributed by atoms with van der Waals surface area (Å²) >= 11 is 12.6. The molecule has 1 saturated carbocycles. The van der Waals surface area contributed by atoms with Gasteiger partial charge >= 0.3 is 5.63 Å². The Kier molecular flexibility index (Phi) is 6.55. The van der Waals surface area contributed by atoms with Gasteiger partial charge in [-0.1, -0.05) is 23.2 Å². The lowest BCUT2D eigenvalue weighted by Gasteiger charge is -2.20. The number of benzene rings is 1. The van der Waals surface area contributed by atoms with Crippen LogP contribution >= 0.6 is 23.2 Å². The van der Waals surface area contributed by atoms with Gasteiger partial charge in [0.15, 0.2) is 11.3 Å². The number of methoxy groups -OCH3 is 1. The maximum absolute atomic E-state index is 12.9. The molecule has 1 aromatic carbocycles. The summed E-state index contributed by atoms with van der Waals surface area (Å²) < 4.78 is 17.4. The minimum Gasteiger partial charge on any atom is -0.493 e. The smallest absolute Gasteiger partial charge is 0.341 e. The standard InChI is InChI=1S/C22H22Cl2N2O5/c1-29-17-7-6-13-18(26-19-15(23)10-25-11-16(19)24)14(8-9-27)22(28)31-20(13)21(17)30-12-4-2-3-5-12/h6-7,10-12,27H,2-5,8-9H2,1H3,(H,25,26). The third kappa shape index (κ3) is 4.31. The van der Waals surface area contributed by atoms with E-state index in [0.717, 1.165) is 25.7 Å². The fraction of sp³-hybridized carbons (Fsp3) is 0.364. The molecule has 0 radical (unpaired) electrons. The van der Waals surface area contributed by atoms with Gasteiger partial charge in [-0.2, -0.15) is 0 Å². The first-order valence-electron chi connectivity index (χ1n) is 10.0. The van der Waals surface area contributed by atoms with E-state index in [4.69, 9.17) is 37.1 Å². The average molecular weight is 465 g/mol. The van der Waals surface area contributed by atoms with Crippen LogP contribution in [0.5, 0.6) is 11.5 Å².